The molecule has 1 fully saturated rings. The smallest absolute Gasteiger partial charge is 0.224 e. The summed E-state index contributed by atoms with van der Waals surface area (Å²) in [6.45, 7) is 2.08. The number of halogens is 1. The number of allylic oxidation sites excluding steroid dienone is 1. The maximum absolute atomic E-state index is 5.68. The van der Waals surface area contributed by atoms with Crippen LogP contribution in [0, 0.1) is 5.92 Å². The van der Waals surface area contributed by atoms with Crippen LogP contribution in [0.15, 0.2) is 28.9 Å². The van der Waals surface area contributed by atoms with Crippen molar-refractivity contribution in [2.45, 2.75) is 19.8 Å². The first kappa shape index (κ1) is 12.0. The summed E-state index contributed by atoms with van der Waals surface area (Å²) >= 11 is 5.68. The number of hydrogen-bond donors (Lipinski definition) is 2. The maximum atomic E-state index is 5.68. The Kier molecular flexibility index (Phi) is 3.71. The Labute approximate surface area is 105 Å². The van der Waals surface area contributed by atoms with Crippen molar-refractivity contribution >= 4 is 23.3 Å². The first-order valence-corrected chi connectivity index (χ1v) is 5.79. The zero-order valence-electron chi connectivity index (χ0n) is 9.52. The molecule has 0 amide bonds. The van der Waals surface area contributed by atoms with Gasteiger partial charge in [0, 0.05) is 12.3 Å². The summed E-state index contributed by atoms with van der Waals surface area (Å²) in [7, 11) is 0. The number of nitrogens with zero attached hydrogens (tertiary/aromatic N) is 3. The zero-order chi connectivity index (χ0) is 12.3. The van der Waals surface area contributed by atoms with E-state index in [-0.39, 0.29) is 5.28 Å². The van der Waals surface area contributed by atoms with E-state index in [0.29, 0.717) is 17.6 Å². The van der Waals surface area contributed by atoms with Crippen LogP contribution < -0.4 is 11.3 Å². The minimum atomic E-state index is 0.172. The summed E-state index contributed by atoms with van der Waals surface area (Å²) < 4.78 is 0. The van der Waals surface area contributed by atoms with Crippen LogP contribution in [-0.4, -0.2) is 15.8 Å². The van der Waals surface area contributed by atoms with Gasteiger partial charge in [0.1, 0.15) is 5.84 Å². The van der Waals surface area contributed by atoms with E-state index in [4.69, 9.17) is 17.4 Å². The normalized spacial score (nSPS) is 17.1. The molecule has 17 heavy (non-hydrogen) atoms. The Morgan fingerprint density at radius 3 is 3.00 bits per heavy atom. The molecule has 2 rings (SSSR count). The number of aliphatic imine (C=N–C) groups is 1. The highest BCUT2D eigenvalue weighted by molar-refractivity contribution is 6.28. The van der Waals surface area contributed by atoms with Gasteiger partial charge in [0.2, 0.25) is 5.28 Å². The fourth-order valence-electron chi connectivity index (χ4n) is 1.49. The molecule has 0 radical (unpaired) electrons. The molecule has 3 N–H and O–H groups in total. The lowest BCUT2D eigenvalue weighted by Crippen LogP contribution is -2.28. The van der Waals surface area contributed by atoms with Crippen LogP contribution in [-0.2, 0) is 0 Å². The van der Waals surface area contributed by atoms with Crippen molar-refractivity contribution in [3.63, 3.8) is 0 Å². The van der Waals surface area contributed by atoms with Crippen LogP contribution in [0.1, 0.15) is 19.8 Å². The Morgan fingerprint density at radius 1 is 1.65 bits per heavy atom. The lowest BCUT2D eigenvalue weighted by molar-refractivity contribution is 0.987. The molecule has 1 aromatic heterocycles. The highest BCUT2D eigenvalue weighted by atomic mass is 35.5. The summed E-state index contributed by atoms with van der Waals surface area (Å²) in [5.41, 5.74) is 3.83. The first-order chi connectivity index (χ1) is 8.19. The molecule has 90 valence electrons. The lowest BCUT2D eigenvalue weighted by atomic mass is 10.2. The van der Waals surface area contributed by atoms with E-state index in [1.54, 1.807) is 12.3 Å². The fourth-order valence-corrected chi connectivity index (χ4v) is 1.63. The number of nitrogens with one attached hydrogen (secondary N) is 1. The third-order valence-corrected chi connectivity index (χ3v) is 2.76. The molecule has 0 atom stereocenters. The molecular formula is C11H14ClN5. The average molecular weight is 252 g/mol. The molecule has 0 spiro atoms. The molecule has 1 aliphatic rings. The Hall–Kier alpha value is -1.46. The van der Waals surface area contributed by atoms with E-state index in [2.05, 4.69) is 27.3 Å². The second kappa shape index (κ2) is 5.25. The van der Waals surface area contributed by atoms with Crippen molar-refractivity contribution in [1.29, 1.82) is 0 Å². The van der Waals surface area contributed by atoms with Crippen LogP contribution in [0.3, 0.4) is 0 Å². The van der Waals surface area contributed by atoms with Crippen LogP contribution in [0.25, 0.3) is 0 Å². The number of aromatic nitrogens is 2. The van der Waals surface area contributed by atoms with Crippen LogP contribution in [0.4, 0.5) is 5.82 Å². The number of nitrogens with two attached hydrogens (primary N) is 1. The van der Waals surface area contributed by atoms with Crippen molar-refractivity contribution in [2.24, 2.45) is 16.8 Å². The van der Waals surface area contributed by atoms with Gasteiger partial charge in [0.25, 0.3) is 0 Å². The first-order valence-electron chi connectivity index (χ1n) is 5.41. The predicted octanol–water partition coefficient (Wildman–Crippen LogP) is 1.98. The van der Waals surface area contributed by atoms with Gasteiger partial charge in [-0.15, -0.1) is 0 Å². The van der Waals surface area contributed by atoms with Gasteiger partial charge in [-0.05, 0) is 43.4 Å². The average Bonchev–Trinajstić information content (AvgIpc) is 3.12. The largest absolute Gasteiger partial charge is 0.308 e. The summed E-state index contributed by atoms with van der Waals surface area (Å²) in [6.07, 6.45) is 5.99. The highest BCUT2D eigenvalue weighted by Gasteiger charge is 2.23. The quantitative estimate of drug-likeness (QED) is 0.283. The predicted molar refractivity (Wildman–Crippen MR) is 67.9 cm³/mol. The molecule has 1 aliphatic carbocycles. The molecule has 0 unspecified atom stereocenters. The molecular weight excluding hydrogens is 238 g/mol. The Bertz CT molecular complexity index is 465. The molecule has 0 bridgehead atoms. The van der Waals surface area contributed by atoms with Crippen LogP contribution in [0.5, 0.6) is 0 Å². The van der Waals surface area contributed by atoms with Crippen molar-refractivity contribution in [3.8, 4) is 0 Å². The standard InChI is InChI=1S/C11H14ClN5/c1-7(8-2-3-8)6-10(17-13)15-9-4-5-14-11(12)16-9/h4-6,8H,2-3,13H2,1H3,(H,14,15,16,17)/b7-6+. The molecule has 1 saturated carbocycles. The molecule has 1 aromatic rings. The summed E-state index contributed by atoms with van der Waals surface area (Å²) in [5.74, 6) is 7.17. The molecule has 6 heteroatoms. The lowest BCUT2D eigenvalue weighted by Gasteiger charge is -2.02. The Balaban J connectivity index is 2.19. The number of amidine groups is 1. The van der Waals surface area contributed by atoms with E-state index >= 15 is 0 Å². The number of hydrogen-bond acceptors (Lipinski definition) is 4. The summed E-state index contributed by atoms with van der Waals surface area (Å²) in [4.78, 5) is 12.0. The third-order valence-electron chi connectivity index (χ3n) is 2.58. The van der Waals surface area contributed by atoms with E-state index < -0.39 is 0 Å². The van der Waals surface area contributed by atoms with Gasteiger partial charge in [0.05, 0.1) is 0 Å². The van der Waals surface area contributed by atoms with Crippen molar-refractivity contribution in [1.82, 2.24) is 15.4 Å². The second-order valence-electron chi connectivity index (χ2n) is 3.99. The molecule has 0 aromatic carbocycles. The van der Waals surface area contributed by atoms with E-state index in [9.17, 15) is 0 Å². The van der Waals surface area contributed by atoms with E-state index in [0.717, 1.165) is 0 Å². The van der Waals surface area contributed by atoms with Gasteiger partial charge in [0.15, 0.2) is 5.82 Å². The minimum Gasteiger partial charge on any atom is -0.308 e. The van der Waals surface area contributed by atoms with Crippen LogP contribution >= 0.6 is 11.6 Å². The second-order valence-corrected chi connectivity index (χ2v) is 4.33. The molecule has 0 saturated heterocycles. The van der Waals surface area contributed by atoms with E-state index in [1.165, 1.54) is 18.4 Å². The van der Waals surface area contributed by atoms with E-state index in [1.807, 2.05) is 6.08 Å². The number of rotatable bonds is 3. The summed E-state index contributed by atoms with van der Waals surface area (Å²) in [5, 5.41) is 0.172. The monoisotopic (exact) mass is 251 g/mol. The fraction of sp³-hybridized carbons (Fsp3) is 0.364. The van der Waals surface area contributed by atoms with Crippen molar-refractivity contribution in [2.75, 3.05) is 0 Å². The van der Waals surface area contributed by atoms with Gasteiger partial charge >= 0.3 is 0 Å². The zero-order valence-corrected chi connectivity index (χ0v) is 10.3. The molecule has 5 nitrogen and oxygen atoms in total. The third kappa shape index (κ3) is 3.51. The molecule has 1 heterocycles. The summed E-state index contributed by atoms with van der Waals surface area (Å²) in [6, 6.07) is 1.67. The highest BCUT2D eigenvalue weighted by Crippen LogP contribution is 2.35. The van der Waals surface area contributed by atoms with Crippen molar-refractivity contribution in [3.05, 3.63) is 29.2 Å². The van der Waals surface area contributed by atoms with Gasteiger partial charge in [-0.25, -0.2) is 15.8 Å². The van der Waals surface area contributed by atoms with Crippen molar-refractivity contribution < 1.29 is 0 Å². The van der Waals surface area contributed by atoms with Crippen LogP contribution in [0.2, 0.25) is 5.28 Å². The Morgan fingerprint density at radius 2 is 2.41 bits per heavy atom. The van der Waals surface area contributed by atoms with Gasteiger partial charge < -0.3 is 5.43 Å². The topological polar surface area (TPSA) is 76.2 Å². The maximum Gasteiger partial charge on any atom is 0.224 e. The SMILES string of the molecule is C/C(=C\C(=Nc1ccnc(Cl)n1)NN)C1CC1. The van der Waals surface area contributed by atoms with Gasteiger partial charge in [-0.2, -0.15) is 4.98 Å². The van der Waals surface area contributed by atoms with Gasteiger partial charge in [-0.3, -0.25) is 0 Å². The number of hydrazine groups is 1. The minimum absolute atomic E-state index is 0.172. The van der Waals surface area contributed by atoms with Gasteiger partial charge in [-0.1, -0.05) is 5.57 Å². The molecule has 0 aliphatic heterocycles.